The molecule has 0 saturated carbocycles. The van der Waals surface area contributed by atoms with E-state index in [1.54, 1.807) is 38.3 Å². The van der Waals surface area contributed by atoms with E-state index >= 15 is 0 Å². The van der Waals surface area contributed by atoms with Crippen LogP contribution in [-0.2, 0) is 69.0 Å². The van der Waals surface area contributed by atoms with Crippen molar-refractivity contribution in [2.75, 3.05) is 116 Å². The van der Waals surface area contributed by atoms with Crippen molar-refractivity contribution >= 4 is 48.1 Å². The summed E-state index contributed by atoms with van der Waals surface area (Å²) in [5.74, 6) is -1.66. The fourth-order valence-corrected chi connectivity index (χ4v) is 8.77. The summed E-state index contributed by atoms with van der Waals surface area (Å²) >= 11 is 0. The predicted octanol–water partition coefficient (Wildman–Crippen LogP) is -3.79. The molecular formula is C43H58N2Na2O18S3. The second kappa shape index (κ2) is 30.7. The molecule has 0 amide bonds. The molecule has 0 bridgehead atoms. The number of fused-ring (bicyclic) bond motifs is 2. The van der Waals surface area contributed by atoms with Gasteiger partial charge in [-0.3, -0.25) is 4.79 Å². The van der Waals surface area contributed by atoms with E-state index < -0.39 is 58.1 Å². The molecule has 0 aromatic heterocycles. The Hall–Kier alpha value is -2.11. The van der Waals surface area contributed by atoms with Crippen LogP contribution in [-0.4, -0.2) is 161 Å². The predicted molar refractivity (Wildman–Crippen MR) is 238 cm³/mol. The van der Waals surface area contributed by atoms with E-state index in [1.165, 1.54) is 24.5 Å². The first kappa shape index (κ1) is 62.0. The van der Waals surface area contributed by atoms with Gasteiger partial charge in [-0.2, -0.15) is 0 Å². The summed E-state index contributed by atoms with van der Waals surface area (Å²) < 4.78 is 146. The van der Waals surface area contributed by atoms with E-state index in [4.69, 9.17) is 37.9 Å². The summed E-state index contributed by atoms with van der Waals surface area (Å²) in [6.07, 6.45) is 6.90. The third-order valence-electron chi connectivity index (χ3n) is 10.5. The van der Waals surface area contributed by atoms with Crippen molar-refractivity contribution in [3.05, 3.63) is 83.1 Å². The summed E-state index contributed by atoms with van der Waals surface area (Å²) in [7, 11) is -12.3. The monoisotopic (exact) mass is 1030 g/mol. The zero-order valence-electron chi connectivity index (χ0n) is 39.0. The molecule has 4 rings (SSSR count). The van der Waals surface area contributed by atoms with Gasteiger partial charge < -0.3 is 56.5 Å². The molecule has 368 valence electrons. The Labute approximate surface area is 442 Å². The van der Waals surface area contributed by atoms with Crippen LogP contribution in [0.15, 0.2) is 75.9 Å². The molecule has 25 heteroatoms. The molecule has 2 heterocycles. The van der Waals surface area contributed by atoms with Crippen molar-refractivity contribution in [2.24, 2.45) is 0 Å². The van der Waals surface area contributed by atoms with Gasteiger partial charge in [0.25, 0.3) is 0 Å². The molecule has 3 aliphatic rings. The van der Waals surface area contributed by atoms with Gasteiger partial charge in [-0.15, -0.1) is 0 Å². The summed E-state index contributed by atoms with van der Waals surface area (Å²) in [4.78, 5) is 12.1. The number of rotatable bonds is 32. The number of carboxylic acid groups (broad SMARTS) is 1. The number of anilines is 1. The Morgan fingerprint density at radius 3 is 1.99 bits per heavy atom. The van der Waals surface area contributed by atoms with Crippen LogP contribution in [0.25, 0.3) is 17.4 Å². The van der Waals surface area contributed by atoms with Gasteiger partial charge in [0.05, 0.1) is 110 Å². The Morgan fingerprint density at radius 2 is 1.37 bits per heavy atom. The number of aliphatic carboxylic acids is 1. The number of ether oxygens (including phenoxy) is 6. The normalized spacial score (nSPS) is 16.2. The number of carbonyl (C=O) groups is 1. The SMILES string of the molecule is COCCOCCOCC[N+](CCCS(=O)(=O)[O-])=c1ccc2c(/C=C/C=C3/N(CCOCCOCCOCCC(=O)O)c4ccc(S(=O)(=O)[O-])cc4C3(C)CCCS(=O)(=O)[O-])ccoc-2c1.[Na+].[Na+]. The van der Waals surface area contributed by atoms with Crippen LogP contribution in [0.1, 0.15) is 43.7 Å². The molecule has 20 nitrogen and oxygen atoms in total. The summed E-state index contributed by atoms with van der Waals surface area (Å²) in [5, 5.41) is 9.41. The Bertz CT molecular complexity index is 2480. The molecule has 0 radical (unpaired) electrons. The number of hydrogen-bond donors (Lipinski definition) is 1. The van der Waals surface area contributed by atoms with E-state index in [0.29, 0.717) is 73.2 Å². The molecule has 1 atom stereocenters. The van der Waals surface area contributed by atoms with Gasteiger partial charge in [0.2, 0.25) is 5.36 Å². The number of carboxylic acids is 1. The molecule has 1 aromatic rings. The molecular weight excluding hydrogens is 975 g/mol. The van der Waals surface area contributed by atoms with Crippen LogP contribution in [0.3, 0.4) is 0 Å². The van der Waals surface area contributed by atoms with E-state index in [1.807, 2.05) is 27.7 Å². The molecule has 1 aromatic carbocycles. The first-order valence-corrected chi connectivity index (χ1v) is 25.7. The second-order valence-electron chi connectivity index (χ2n) is 15.3. The van der Waals surface area contributed by atoms with E-state index in [9.17, 15) is 43.7 Å². The maximum atomic E-state index is 12.2. The topological polar surface area (TPSA) is 284 Å². The number of hydrogen-bond acceptors (Lipinski definition) is 18. The summed E-state index contributed by atoms with van der Waals surface area (Å²) in [6.45, 7) is 5.63. The maximum absolute atomic E-state index is 12.2. The average molecular weight is 1030 g/mol. The van der Waals surface area contributed by atoms with Crippen molar-refractivity contribution in [1.82, 2.24) is 4.58 Å². The Kier molecular flexibility index (Phi) is 28.0. The van der Waals surface area contributed by atoms with E-state index in [2.05, 4.69) is 0 Å². The first-order chi connectivity index (χ1) is 31.3. The standard InChI is InChI=1S/C43H60N2O18S3.2Na/c1-43(14-4-30-64(48,49)50)38-33-36(66(54,55)56)9-11-39(38)45(17-21-60-26-29-62-27-24-58-18-13-42(46)47)41(43)7-3-6-34-12-19-63-40-32-35(8-10-37(34)40)44(15-5-31-65(51,52)53)16-20-59-25-28-61-23-22-57-2;;/h3,6-12,19,32-33H,4-5,13-18,20-31H2,1-2H3,(H3-,46,47,48,49,50,51,52,53,54,55,56);;/q;2*+1/p-2. The van der Waals surface area contributed by atoms with Gasteiger partial charge in [0, 0.05) is 60.0 Å². The van der Waals surface area contributed by atoms with Crippen molar-refractivity contribution in [1.29, 1.82) is 0 Å². The average Bonchev–Trinajstić information content (AvgIpc) is 3.47. The fourth-order valence-electron chi connectivity index (χ4n) is 7.29. The van der Waals surface area contributed by atoms with Crippen LogP contribution in [0, 0.1) is 0 Å². The second-order valence-corrected chi connectivity index (χ2v) is 19.7. The minimum atomic E-state index is -4.88. The third-order valence-corrected chi connectivity index (χ3v) is 12.9. The van der Waals surface area contributed by atoms with Crippen LogP contribution < -0.4 is 73.9 Å². The molecule has 1 N–H and O–H groups in total. The zero-order valence-corrected chi connectivity index (χ0v) is 45.4. The third kappa shape index (κ3) is 21.3. The number of allylic oxidation sites excluding steroid dienone is 3. The smallest absolute Gasteiger partial charge is 0.748 e. The van der Waals surface area contributed by atoms with Crippen LogP contribution in [0.5, 0.6) is 0 Å². The minimum Gasteiger partial charge on any atom is -0.748 e. The summed E-state index contributed by atoms with van der Waals surface area (Å²) in [5.41, 5.74) is 1.99. The number of nitrogens with zero attached hydrogens (tertiary/aromatic N) is 2. The van der Waals surface area contributed by atoms with Crippen LogP contribution in [0.4, 0.5) is 5.69 Å². The summed E-state index contributed by atoms with van der Waals surface area (Å²) in [6, 6.07) is 11.2. The quantitative estimate of drug-likeness (QED) is 0.0272. The van der Waals surface area contributed by atoms with Gasteiger partial charge in [-0.25, -0.2) is 29.8 Å². The maximum Gasteiger partial charge on any atom is 1.00 e. The largest absolute Gasteiger partial charge is 1.00 e. The van der Waals surface area contributed by atoms with Crippen molar-refractivity contribution < 1.29 is 141 Å². The van der Waals surface area contributed by atoms with E-state index in [-0.39, 0.29) is 138 Å². The van der Waals surface area contributed by atoms with Gasteiger partial charge in [0.1, 0.15) is 29.0 Å². The molecule has 0 fully saturated rings. The Balaban J connectivity index is 0.00000793. The number of benzene rings is 2. The van der Waals surface area contributed by atoms with Gasteiger partial charge >= 0.3 is 65.1 Å². The van der Waals surface area contributed by atoms with Gasteiger partial charge in [-0.1, -0.05) is 12.2 Å². The minimum absolute atomic E-state index is 0. The van der Waals surface area contributed by atoms with E-state index in [0.717, 1.165) is 5.56 Å². The van der Waals surface area contributed by atoms with Crippen LogP contribution in [0.2, 0.25) is 0 Å². The van der Waals surface area contributed by atoms with Gasteiger partial charge in [0.15, 0.2) is 6.54 Å². The molecule has 0 spiro atoms. The first-order valence-electron chi connectivity index (χ1n) is 21.2. The van der Waals surface area contributed by atoms with Crippen LogP contribution >= 0.6 is 0 Å². The molecule has 1 aliphatic carbocycles. The molecule has 1 unspecified atom stereocenters. The molecule has 68 heavy (non-hydrogen) atoms. The Morgan fingerprint density at radius 1 is 0.765 bits per heavy atom. The van der Waals surface area contributed by atoms with Crippen molar-refractivity contribution in [3.63, 3.8) is 0 Å². The molecule has 2 aliphatic heterocycles. The molecule has 0 saturated heterocycles. The van der Waals surface area contributed by atoms with Gasteiger partial charge in [-0.05, 0) is 67.3 Å². The zero-order chi connectivity index (χ0) is 48.2. The fraction of sp³-hybridized carbons (Fsp3) is 0.535. The van der Waals surface area contributed by atoms with Crippen molar-refractivity contribution in [3.8, 4) is 11.3 Å². The van der Waals surface area contributed by atoms with Crippen molar-refractivity contribution in [2.45, 2.75) is 42.9 Å². The number of methoxy groups -OCH3 is 1.